The average molecular weight is 241 g/mol. The van der Waals surface area contributed by atoms with Crippen LogP contribution in [0.2, 0.25) is 0 Å². The zero-order valence-corrected chi connectivity index (χ0v) is 10.1. The van der Waals surface area contributed by atoms with Crippen molar-refractivity contribution in [3.63, 3.8) is 0 Å². The first-order valence-electron chi connectivity index (χ1n) is 6.10. The summed E-state index contributed by atoms with van der Waals surface area (Å²) in [5.74, 6) is -0.0169. The van der Waals surface area contributed by atoms with Crippen LogP contribution < -0.4 is 5.73 Å². The Bertz CT molecular complexity index is 595. The van der Waals surface area contributed by atoms with Crippen molar-refractivity contribution in [1.29, 1.82) is 0 Å². The molecule has 1 saturated heterocycles. The lowest BCUT2D eigenvalue weighted by molar-refractivity contribution is 0.0865. The Morgan fingerprint density at radius 3 is 2.72 bits per heavy atom. The maximum Gasteiger partial charge on any atom is 0.185 e. The van der Waals surface area contributed by atoms with Gasteiger partial charge in [-0.3, -0.25) is 4.79 Å². The number of ether oxygens (including phenoxy) is 1. The summed E-state index contributed by atoms with van der Waals surface area (Å²) in [6, 6.07) is 13.6. The van der Waals surface area contributed by atoms with E-state index in [0.717, 1.165) is 10.8 Å². The number of nitrogens with two attached hydrogens (primary N) is 1. The third-order valence-electron chi connectivity index (χ3n) is 3.54. The summed E-state index contributed by atoms with van der Waals surface area (Å²) in [5, 5.41) is 2.02. The Hall–Kier alpha value is -1.71. The lowest BCUT2D eigenvalue weighted by Gasteiger charge is -2.20. The van der Waals surface area contributed by atoms with Gasteiger partial charge in [0.1, 0.15) is 5.54 Å². The maximum absolute atomic E-state index is 12.6. The van der Waals surface area contributed by atoms with Crippen LogP contribution in [-0.2, 0) is 4.74 Å². The Balaban J connectivity index is 2.12. The fourth-order valence-electron chi connectivity index (χ4n) is 2.45. The molecule has 0 spiro atoms. The van der Waals surface area contributed by atoms with E-state index in [9.17, 15) is 4.79 Å². The van der Waals surface area contributed by atoms with Gasteiger partial charge in [0.05, 0.1) is 6.61 Å². The molecule has 2 N–H and O–H groups in total. The molecule has 1 fully saturated rings. The number of carbonyl (C=O) groups excluding carboxylic acids is 1. The van der Waals surface area contributed by atoms with E-state index in [2.05, 4.69) is 0 Å². The van der Waals surface area contributed by atoms with Gasteiger partial charge in [0, 0.05) is 12.2 Å². The van der Waals surface area contributed by atoms with Crippen molar-refractivity contribution in [1.82, 2.24) is 0 Å². The second-order valence-corrected chi connectivity index (χ2v) is 4.81. The van der Waals surface area contributed by atoms with Gasteiger partial charge in [-0.1, -0.05) is 42.5 Å². The normalized spacial score (nSPS) is 23.4. The van der Waals surface area contributed by atoms with Crippen molar-refractivity contribution in [3.05, 3.63) is 48.0 Å². The minimum absolute atomic E-state index is 0.0169. The van der Waals surface area contributed by atoms with E-state index in [4.69, 9.17) is 10.5 Å². The third-order valence-corrected chi connectivity index (χ3v) is 3.54. The lowest BCUT2D eigenvalue weighted by atomic mass is 9.87. The standard InChI is InChI=1S/C15H15NO2/c16-15(8-9-18-10-15)14(17)13-7-3-5-11-4-1-2-6-12(11)13/h1-7H,8-10,16H2. The minimum atomic E-state index is -0.857. The zero-order chi connectivity index (χ0) is 12.6. The third kappa shape index (κ3) is 1.72. The molecule has 0 aromatic heterocycles. The van der Waals surface area contributed by atoms with Gasteiger partial charge in [-0.25, -0.2) is 0 Å². The first-order valence-corrected chi connectivity index (χ1v) is 6.10. The van der Waals surface area contributed by atoms with Crippen molar-refractivity contribution < 1.29 is 9.53 Å². The number of benzene rings is 2. The highest BCUT2D eigenvalue weighted by Gasteiger charge is 2.39. The highest BCUT2D eigenvalue weighted by atomic mass is 16.5. The van der Waals surface area contributed by atoms with Gasteiger partial charge in [-0.05, 0) is 17.2 Å². The van der Waals surface area contributed by atoms with Crippen molar-refractivity contribution in [2.75, 3.05) is 13.2 Å². The van der Waals surface area contributed by atoms with Gasteiger partial charge in [-0.15, -0.1) is 0 Å². The summed E-state index contributed by atoms with van der Waals surface area (Å²) in [7, 11) is 0. The van der Waals surface area contributed by atoms with E-state index in [-0.39, 0.29) is 5.78 Å². The number of hydrogen-bond donors (Lipinski definition) is 1. The summed E-state index contributed by atoms with van der Waals surface area (Å²) < 4.78 is 5.27. The number of hydrogen-bond acceptors (Lipinski definition) is 3. The van der Waals surface area contributed by atoms with E-state index in [1.807, 2.05) is 42.5 Å². The molecule has 1 aliphatic rings. The van der Waals surface area contributed by atoms with Crippen LogP contribution in [0.1, 0.15) is 16.8 Å². The number of fused-ring (bicyclic) bond motifs is 1. The molecule has 0 amide bonds. The second kappa shape index (κ2) is 4.19. The summed E-state index contributed by atoms with van der Waals surface area (Å²) in [5.41, 5.74) is 5.99. The van der Waals surface area contributed by atoms with Crippen molar-refractivity contribution in [3.8, 4) is 0 Å². The molecule has 1 heterocycles. The molecule has 1 aliphatic heterocycles. The summed E-state index contributed by atoms with van der Waals surface area (Å²) >= 11 is 0. The summed E-state index contributed by atoms with van der Waals surface area (Å²) in [6.45, 7) is 0.877. The topological polar surface area (TPSA) is 52.3 Å². The Labute approximate surface area is 106 Å². The number of Topliss-reactive ketones (excluding diaryl/α,β-unsaturated/α-hetero) is 1. The predicted molar refractivity (Wildman–Crippen MR) is 70.6 cm³/mol. The molecule has 3 rings (SSSR count). The van der Waals surface area contributed by atoms with Gasteiger partial charge in [0.2, 0.25) is 0 Å². The van der Waals surface area contributed by atoms with Crippen LogP contribution in [0, 0.1) is 0 Å². The Kier molecular flexibility index (Phi) is 2.65. The van der Waals surface area contributed by atoms with E-state index < -0.39 is 5.54 Å². The zero-order valence-electron chi connectivity index (χ0n) is 10.1. The average Bonchev–Trinajstić information content (AvgIpc) is 2.85. The molecule has 2 aromatic rings. The minimum Gasteiger partial charge on any atom is -0.379 e. The molecule has 0 radical (unpaired) electrons. The lowest BCUT2D eigenvalue weighted by Crippen LogP contribution is -2.48. The first-order chi connectivity index (χ1) is 8.71. The van der Waals surface area contributed by atoms with Crippen LogP contribution in [0.5, 0.6) is 0 Å². The SMILES string of the molecule is NC1(C(=O)c2cccc3ccccc23)CCOC1. The molecule has 2 aromatic carbocycles. The molecule has 18 heavy (non-hydrogen) atoms. The fraction of sp³-hybridized carbons (Fsp3) is 0.267. The van der Waals surface area contributed by atoms with Crippen LogP contribution >= 0.6 is 0 Å². The smallest absolute Gasteiger partial charge is 0.185 e. The molecule has 0 bridgehead atoms. The maximum atomic E-state index is 12.6. The van der Waals surface area contributed by atoms with Crippen molar-refractivity contribution in [2.24, 2.45) is 5.73 Å². The van der Waals surface area contributed by atoms with Crippen LogP contribution in [0.15, 0.2) is 42.5 Å². The second-order valence-electron chi connectivity index (χ2n) is 4.81. The molecule has 3 heteroatoms. The summed E-state index contributed by atoms with van der Waals surface area (Å²) in [6.07, 6.45) is 0.592. The van der Waals surface area contributed by atoms with Gasteiger partial charge in [-0.2, -0.15) is 0 Å². The Morgan fingerprint density at radius 2 is 1.94 bits per heavy atom. The molecule has 92 valence electrons. The molecule has 3 nitrogen and oxygen atoms in total. The molecular weight excluding hydrogens is 226 g/mol. The molecule has 1 atom stereocenters. The van der Waals surface area contributed by atoms with Gasteiger partial charge in [0.15, 0.2) is 5.78 Å². The monoisotopic (exact) mass is 241 g/mol. The van der Waals surface area contributed by atoms with Crippen LogP contribution in [-0.4, -0.2) is 24.5 Å². The number of rotatable bonds is 2. The van der Waals surface area contributed by atoms with Crippen LogP contribution in [0.3, 0.4) is 0 Å². The highest BCUT2D eigenvalue weighted by molar-refractivity contribution is 6.12. The summed E-state index contributed by atoms with van der Waals surface area (Å²) in [4.78, 5) is 12.6. The highest BCUT2D eigenvalue weighted by Crippen LogP contribution is 2.26. The quantitative estimate of drug-likeness (QED) is 0.819. The van der Waals surface area contributed by atoms with E-state index in [0.29, 0.717) is 25.2 Å². The van der Waals surface area contributed by atoms with Crippen molar-refractivity contribution >= 4 is 16.6 Å². The molecule has 0 saturated carbocycles. The molecule has 1 unspecified atom stereocenters. The van der Waals surface area contributed by atoms with E-state index in [1.165, 1.54) is 0 Å². The van der Waals surface area contributed by atoms with Crippen LogP contribution in [0.25, 0.3) is 10.8 Å². The fourth-order valence-corrected chi connectivity index (χ4v) is 2.45. The van der Waals surface area contributed by atoms with E-state index in [1.54, 1.807) is 0 Å². The van der Waals surface area contributed by atoms with Gasteiger partial charge < -0.3 is 10.5 Å². The number of carbonyl (C=O) groups is 1. The Morgan fingerprint density at radius 1 is 1.17 bits per heavy atom. The van der Waals surface area contributed by atoms with Gasteiger partial charge >= 0.3 is 0 Å². The van der Waals surface area contributed by atoms with Crippen LogP contribution in [0.4, 0.5) is 0 Å². The largest absolute Gasteiger partial charge is 0.379 e. The van der Waals surface area contributed by atoms with Crippen molar-refractivity contribution in [2.45, 2.75) is 12.0 Å². The number of ketones is 1. The predicted octanol–water partition coefficient (Wildman–Crippen LogP) is 2.14. The molecular formula is C15H15NO2. The molecule has 0 aliphatic carbocycles. The van der Waals surface area contributed by atoms with E-state index >= 15 is 0 Å². The van der Waals surface area contributed by atoms with Gasteiger partial charge in [0.25, 0.3) is 0 Å². The first kappa shape index (κ1) is 11.4.